The molecule has 0 atom stereocenters. The highest BCUT2D eigenvalue weighted by Crippen LogP contribution is 2.21. The van der Waals surface area contributed by atoms with E-state index in [2.05, 4.69) is 34.4 Å². The molecule has 0 bridgehead atoms. The van der Waals surface area contributed by atoms with Crippen molar-refractivity contribution in [2.45, 2.75) is 0 Å². The Labute approximate surface area is 133 Å². The lowest BCUT2D eigenvalue weighted by Gasteiger charge is -2.18. The molecule has 0 aromatic heterocycles. The molecule has 5 heteroatoms. The van der Waals surface area contributed by atoms with Gasteiger partial charge >= 0.3 is 0 Å². The molecule has 21 heavy (non-hydrogen) atoms. The standard InChI is InChI=1S/C16H16BrN3O/c1-3-9-20(10-4-2)16(21)13(11-18)12-19-15-8-6-5-7-14(15)17/h3-8,12,19H,1-2,9-10H2/b13-12-. The fourth-order valence-electron chi connectivity index (χ4n) is 1.59. The molecule has 1 amide bonds. The van der Waals surface area contributed by atoms with Crippen LogP contribution in [0.25, 0.3) is 0 Å². The minimum Gasteiger partial charge on any atom is -0.359 e. The molecule has 0 aliphatic carbocycles. The molecule has 0 saturated carbocycles. The number of halogens is 1. The third-order valence-electron chi connectivity index (χ3n) is 2.58. The van der Waals surface area contributed by atoms with E-state index in [1.807, 2.05) is 30.3 Å². The Bertz CT molecular complexity index is 592. The maximum Gasteiger partial charge on any atom is 0.266 e. The molecule has 0 radical (unpaired) electrons. The van der Waals surface area contributed by atoms with Gasteiger partial charge in [-0.15, -0.1) is 13.2 Å². The van der Waals surface area contributed by atoms with E-state index in [9.17, 15) is 4.79 Å². The topological polar surface area (TPSA) is 56.1 Å². The van der Waals surface area contributed by atoms with E-state index in [-0.39, 0.29) is 11.5 Å². The number of rotatable bonds is 7. The average molecular weight is 346 g/mol. The number of nitrogens with zero attached hydrogens (tertiary/aromatic N) is 2. The van der Waals surface area contributed by atoms with Crippen LogP contribution in [-0.4, -0.2) is 23.9 Å². The van der Waals surface area contributed by atoms with Gasteiger partial charge in [-0.1, -0.05) is 24.3 Å². The van der Waals surface area contributed by atoms with Crippen LogP contribution >= 0.6 is 15.9 Å². The predicted octanol–water partition coefficient (Wildman–Crippen LogP) is 3.47. The molecule has 1 N–H and O–H groups in total. The van der Waals surface area contributed by atoms with Crippen LogP contribution in [0.4, 0.5) is 5.69 Å². The summed E-state index contributed by atoms with van der Waals surface area (Å²) in [6.45, 7) is 7.93. The summed E-state index contributed by atoms with van der Waals surface area (Å²) in [5.41, 5.74) is 0.798. The van der Waals surface area contributed by atoms with Crippen molar-refractivity contribution in [3.8, 4) is 6.07 Å². The van der Waals surface area contributed by atoms with Gasteiger partial charge in [0.1, 0.15) is 11.6 Å². The molecule has 0 aliphatic heterocycles. The second-order valence-electron chi connectivity index (χ2n) is 4.08. The Morgan fingerprint density at radius 1 is 1.33 bits per heavy atom. The van der Waals surface area contributed by atoms with Crippen molar-refractivity contribution in [1.82, 2.24) is 4.90 Å². The highest BCUT2D eigenvalue weighted by atomic mass is 79.9. The number of hydrogen-bond donors (Lipinski definition) is 1. The number of amides is 1. The lowest BCUT2D eigenvalue weighted by Crippen LogP contribution is -2.32. The lowest BCUT2D eigenvalue weighted by molar-refractivity contribution is -0.125. The van der Waals surface area contributed by atoms with E-state index in [4.69, 9.17) is 5.26 Å². The molecule has 0 aliphatic rings. The number of benzene rings is 1. The number of nitrogens with one attached hydrogen (secondary N) is 1. The van der Waals surface area contributed by atoms with E-state index in [0.717, 1.165) is 10.2 Å². The summed E-state index contributed by atoms with van der Waals surface area (Å²) >= 11 is 3.39. The number of carbonyl (C=O) groups is 1. The average Bonchev–Trinajstić information content (AvgIpc) is 2.49. The molecule has 1 aromatic rings. The zero-order valence-electron chi connectivity index (χ0n) is 11.6. The van der Waals surface area contributed by atoms with Crippen LogP contribution in [0.2, 0.25) is 0 Å². The van der Waals surface area contributed by atoms with Crippen molar-refractivity contribution in [3.63, 3.8) is 0 Å². The number of para-hydroxylation sites is 1. The minimum atomic E-state index is -0.364. The first-order valence-electron chi connectivity index (χ1n) is 6.26. The van der Waals surface area contributed by atoms with Crippen molar-refractivity contribution < 1.29 is 4.79 Å². The van der Waals surface area contributed by atoms with Crippen LogP contribution in [0, 0.1) is 11.3 Å². The Hall–Kier alpha value is -2.32. The second-order valence-corrected chi connectivity index (χ2v) is 4.94. The minimum absolute atomic E-state index is 0.0226. The first kappa shape index (κ1) is 16.7. The predicted molar refractivity (Wildman–Crippen MR) is 88.4 cm³/mol. The molecule has 0 unspecified atom stereocenters. The van der Waals surface area contributed by atoms with Crippen molar-refractivity contribution in [2.75, 3.05) is 18.4 Å². The summed E-state index contributed by atoms with van der Waals surface area (Å²) in [6, 6.07) is 9.36. The van der Waals surface area contributed by atoms with E-state index in [1.54, 1.807) is 12.2 Å². The normalized spacial score (nSPS) is 10.4. The quantitative estimate of drug-likeness (QED) is 0.467. The summed E-state index contributed by atoms with van der Waals surface area (Å²) in [5.74, 6) is -0.364. The van der Waals surface area contributed by atoms with Gasteiger partial charge in [-0.2, -0.15) is 5.26 Å². The van der Waals surface area contributed by atoms with Crippen molar-refractivity contribution >= 4 is 27.5 Å². The highest BCUT2D eigenvalue weighted by molar-refractivity contribution is 9.10. The van der Waals surface area contributed by atoms with Crippen LogP contribution < -0.4 is 5.32 Å². The summed E-state index contributed by atoms with van der Waals surface area (Å²) in [6.07, 6.45) is 4.62. The Morgan fingerprint density at radius 3 is 2.48 bits per heavy atom. The summed E-state index contributed by atoms with van der Waals surface area (Å²) < 4.78 is 0.847. The molecule has 0 fully saturated rings. The largest absolute Gasteiger partial charge is 0.359 e. The number of hydrogen-bond acceptors (Lipinski definition) is 3. The molecule has 1 rings (SSSR count). The van der Waals surface area contributed by atoms with E-state index < -0.39 is 0 Å². The van der Waals surface area contributed by atoms with Crippen LogP contribution in [0.5, 0.6) is 0 Å². The molecule has 0 saturated heterocycles. The zero-order chi connectivity index (χ0) is 15.7. The molecule has 108 valence electrons. The van der Waals surface area contributed by atoms with Gasteiger partial charge in [0.15, 0.2) is 0 Å². The van der Waals surface area contributed by atoms with Gasteiger partial charge in [-0.25, -0.2) is 0 Å². The van der Waals surface area contributed by atoms with Crippen LogP contribution in [0.1, 0.15) is 0 Å². The molecule has 4 nitrogen and oxygen atoms in total. The number of anilines is 1. The third-order valence-corrected chi connectivity index (χ3v) is 3.27. The number of nitriles is 1. The van der Waals surface area contributed by atoms with E-state index in [1.165, 1.54) is 11.1 Å². The van der Waals surface area contributed by atoms with Crippen LogP contribution in [-0.2, 0) is 4.79 Å². The highest BCUT2D eigenvalue weighted by Gasteiger charge is 2.16. The molecule has 1 aromatic carbocycles. The van der Waals surface area contributed by atoms with Gasteiger partial charge in [0.2, 0.25) is 0 Å². The second kappa shape index (κ2) is 8.77. The first-order valence-corrected chi connectivity index (χ1v) is 7.05. The van der Waals surface area contributed by atoms with Gasteiger partial charge < -0.3 is 10.2 Å². The fraction of sp³-hybridized carbons (Fsp3) is 0.125. The van der Waals surface area contributed by atoms with E-state index >= 15 is 0 Å². The van der Waals surface area contributed by atoms with Gasteiger partial charge in [0.05, 0.1) is 5.69 Å². The van der Waals surface area contributed by atoms with Crippen LogP contribution in [0.15, 0.2) is 65.8 Å². The lowest BCUT2D eigenvalue weighted by atomic mass is 10.2. The van der Waals surface area contributed by atoms with Gasteiger partial charge in [0, 0.05) is 23.8 Å². The SMILES string of the molecule is C=CCN(CC=C)C(=O)/C(C#N)=C\Nc1ccccc1Br. The van der Waals surface area contributed by atoms with Crippen molar-refractivity contribution in [2.24, 2.45) is 0 Å². The van der Waals surface area contributed by atoms with E-state index in [0.29, 0.717) is 13.1 Å². The smallest absolute Gasteiger partial charge is 0.266 e. The van der Waals surface area contributed by atoms with Gasteiger partial charge in [-0.3, -0.25) is 4.79 Å². The van der Waals surface area contributed by atoms with Crippen LogP contribution in [0.3, 0.4) is 0 Å². The van der Waals surface area contributed by atoms with Crippen molar-refractivity contribution in [1.29, 1.82) is 5.26 Å². The van der Waals surface area contributed by atoms with Gasteiger partial charge in [0.25, 0.3) is 5.91 Å². The summed E-state index contributed by atoms with van der Waals surface area (Å²) in [5, 5.41) is 12.1. The Balaban J connectivity index is 2.91. The zero-order valence-corrected chi connectivity index (χ0v) is 13.1. The fourth-order valence-corrected chi connectivity index (χ4v) is 1.99. The number of carbonyl (C=O) groups excluding carboxylic acids is 1. The van der Waals surface area contributed by atoms with Crippen molar-refractivity contribution in [3.05, 3.63) is 65.8 Å². The summed E-state index contributed by atoms with van der Waals surface area (Å²) in [4.78, 5) is 13.7. The Kier molecular flexibility index (Phi) is 6.99. The first-order chi connectivity index (χ1) is 10.1. The molecule has 0 heterocycles. The summed E-state index contributed by atoms with van der Waals surface area (Å²) in [7, 11) is 0. The third kappa shape index (κ3) is 4.93. The molecule has 0 spiro atoms. The monoisotopic (exact) mass is 345 g/mol. The molecular weight excluding hydrogens is 330 g/mol. The maximum absolute atomic E-state index is 12.2. The maximum atomic E-state index is 12.2. The molecular formula is C16H16BrN3O. The Morgan fingerprint density at radius 2 is 1.95 bits per heavy atom. The van der Waals surface area contributed by atoms with Gasteiger partial charge in [-0.05, 0) is 28.1 Å².